The number of nitrogens with one attached hydrogen (secondary N) is 1. The second-order valence-corrected chi connectivity index (χ2v) is 13.3. The van der Waals surface area contributed by atoms with E-state index in [1.165, 1.54) is 19.1 Å². The number of nitrogens with zero attached hydrogens (tertiary/aromatic N) is 5. The predicted octanol–water partition coefficient (Wildman–Crippen LogP) is 5.10. The van der Waals surface area contributed by atoms with Crippen molar-refractivity contribution in [2.24, 2.45) is 11.2 Å². The Morgan fingerprint density at radius 1 is 1.11 bits per heavy atom. The summed E-state index contributed by atoms with van der Waals surface area (Å²) in [6.45, 7) is 7.88. The number of aryl methyl sites for hydroxylation is 1. The predicted molar refractivity (Wildman–Crippen MR) is 158 cm³/mol. The summed E-state index contributed by atoms with van der Waals surface area (Å²) in [5, 5.41) is 20.4. The van der Waals surface area contributed by atoms with Crippen molar-refractivity contribution in [3.63, 3.8) is 0 Å². The molecule has 0 aliphatic carbocycles. The van der Waals surface area contributed by atoms with Gasteiger partial charge in [-0.15, -0.1) is 5.01 Å². The fraction of sp³-hybridized carbons (Fsp3) is 0.414. The highest BCUT2D eigenvalue weighted by Crippen LogP contribution is 2.33. The van der Waals surface area contributed by atoms with Gasteiger partial charge in [-0.3, -0.25) is 9.63 Å². The minimum absolute atomic E-state index is 0.0393. The summed E-state index contributed by atoms with van der Waals surface area (Å²) in [4.78, 5) is 29.1. The maximum absolute atomic E-state index is 13.5. The minimum Gasteiger partial charge on any atom is -0.569 e. The third kappa shape index (κ3) is 9.11. The number of carbonyl (C=O) groups excluding carboxylic acids is 2. The molecule has 1 saturated heterocycles. The van der Waals surface area contributed by atoms with E-state index in [9.17, 15) is 36.4 Å². The number of benzene rings is 2. The number of carbonyl (C=O) groups is 2. The zero-order chi connectivity index (χ0) is 34.7. The molecule has 2 heterocycles. The molecule has 14 nitrogen and oxygen atoms in total. The van der Waals surface area contributed by atoms with Crippen LogP contribution in [0.5, 0.6) is 0 Å². The minimum atomic E-state index is -4.72. The van der Waals surface area contributed by atoms with Gasteiger partial charge in [-0.1, -0.05) is 29.8 Å². The molecule has 1 aliphatic heterocycles. The van der Waals surface area contributed by atoms with E-state index in [1.54, 1.807) is 45.0 Å². The van der Waals surface area contributed by atoms with Crippen LogP contribution in [0.2, 0.25) is 0 Å². The average Bonchev–Trinajstić information content (AvgIpc) is 3.64. The van der Waals surface area contributed by atoms with E-state index < -0.39 is 51.8 Å². The first-order chi connectivity index (χ1) is 21.8. The Hall–Kier alpha value is -4.87. The molecular weight excluding hydrogens is 649 g/mol. The molecule has 0 bridgehead atoms. The Morgan fingerprint density at radius 2 is 1.74 bits per heavy atom. The fourth-order valence-corrected chi connectivity index (χ4v) is 5.43. The largest absolute Gasteiger partial charge is 0.569 e. The number of hydrogen-bond donors (Lipinski definition) is 1. The van der Waals surface area contributed by atoms with Crippen LogP contribution in [0.3, 0.4) is 0 Å². The lowest BCUT2D eigenvalue weighted by molar-refractivity contribution is -0.709. The highest BCUT2D eigenvalue weighted by molar-refractivity contribution is 7.90. The molecule has 3 aromatic rings. The first-order valence-corrected chi connectivity index (χ1v) is 15.7. The lowest BCUT2D eigenvalue weighted by atomic mass is 10.1. The molecule has 1 aliphatic rings. The van der Waals surface area contributed by atoms with Crippen molar-refractivity contribution >= 4 is 22.1 Å². The van der Waals surface area contributed by atoms with Crippen LogP contribution in [-0.2, 0) is 35.3 Å². The van der Waals surface area contributed by atoms with Crippen LogP contribution in [-0.4, -0.2) is 65.2 Å². The summed E-state index contributed by atoms with van der Waals surface area (Å²) < 4.78 is 79.4. The maximum Gasteiger partial charge on any atom is 0.511 e. The quantitative estimate of drug-likeness (QED) is 0.105. The lowest BCUT2D eigenvalue weighted by Gasteiger charge is -2.20. The van der Waals surface area contributed by atoms with Crippen molar-refractivity contribution in [1.29, 1.82) is 0 Å². The SMILES string of the molecule is Cc1ccc(-c2cc(C(F)(F)F)nn2-c2ccc(S(=O)(=O)NC(=O)C3CCN(/[N+]([O-])=N\OC(C)OC(=O)OC(C)(C)C)C3)cc2)cc1. The summed E-state index contributed by atoms with van der Waals surface area (Å²) >= 11 is 0. The summed E-state index contributed by atoms with van der Waals surface area (Å²) in [7, 11) is -4.39. The van der Waals surface area contributed by atoms with Crippen LogP contribution in [0.1, 0.15) is 45.4 Å². The van der Waals surface area contributed by atoms with Crippen molar-refractivity contribution in [3.05, 3.63) is 71.1 Å². The van der Waals surface area contributed by atoms with Crippen molar-refractivity contribution in [1.82, 2.24) is 19.5 Å². The van der Waals surface area contributed by atoms with Gasteiger partial charge in [-0.05, 0) is 64.4 Å². The molecule has 18 heteroatoms. The number of ether oxygens (including phenoxy) is 2. The van der Waals surface area contributed by atoms with E-state index in [2.05, 4.69) is 10.4 Å². The van der Waals surface area contributed by atoms with Crippen LogP contribution in [0.4, 0.5) is 18.0 Å². The van der Waals surface area contributed by atoms with Gasteiger partial charge in [0.1, 0.15) is 5.60 Å². The second kappa shape index (κ2) is 13.5. The summed E-state index contributed by atoms with van der Waals surface area (Å²) in [5.41, 5.74) is -0.266. The molecule has 2 aromatic carbocycles. The third-order valence-electron chi connectivity index (χ3n) is 6.67. The molecular formula is C29H33F3N6O8S. The molecule has 0 saturated carbocycles. The Balaban J connectivity index is 1.40. The van der Waals surface area contributed by atoms with Crippen molar-refractivity contribution in [3.8, 4) is 16.9 Å². The maximum atomic E-state index is 13.5. The molecule has 47 heavy (non-hydrogen) atoms. The van der Waals surface area contributed by atoms with Crippen LogP contribution in [0.15, 0.2) is 64.8 Å². The molecule has 0 radical (unpaired) electrons. The first kappa shape index (κ1) is 35.0. The second-order valence-electron chi connectivity index (χ2n) is 11.6. The molecule has 4 rings (SSSR count). The molecule has 1 aromatic heterocycles. The van der Waals surface area contributed by atoms with Gasteiger partial charge in [0.2, 0.25) is 11.2 Å². The molecule has 1 N–H and O–H groups in total. The molecule has 1 fully saturated rings. The Bertz CT molecular complexity index is 1740. The zero-order valence-corrected chi connectivity index (χ0v) is 26.8. The summed E-state index contributed by atoms with van der Waals surface area (Å²) in [5.74, 6) is -1.79. The van der Waals surface area contributed by atoms with Gasteiger partial charge in [0.25, 0.3) is 16.3 Å². The number of sulfonamides is 1. The van der Waals surface area contributed by atoms with Crippen LogP contribution >= 0.6 is 0 Å². The fourth-order valence-electron chi connectivity index (χ4n) is 4.39. The van der Waals surface area contributed by atoms with Gasteiger partial charge in [0.05, 0.1) is 40.3 Å². The Labute approximate surface area is 268 Å². The monoisotopic (exact) mass is 682 g/mol. The zero-order valence-electron chi connectivity index (χ0n) is 26.0. The average molecular weight is 683 g/mol. The highest BCUT2D eigenvalue weighted by Gasteiger charge is 2.36. The van der Waals surface area contributed by atoms with Gasteiger partial charge in [-0.25, -0.2) is 22.6 Å². The van der Waals surface area contributed by atoms with Crippen LogP contribution < -0.4 is 4.72 Å². The third-order valence-corrected chi connectivity index (χ3v) is 8.03. The number of hydrazine groups is 1. The number of aromatic nitrogens is 2. The molecule has 2 unspecified atom stereocenters. The van der Waals surface area contributed by atoms with E-state index in [4.69, 9.17) is 14.3 Å². The van der Waals surface area contributed by atoms with Gasteiger partial charge >= 0.3 is 12.3 Å². The van der Waals surface area contributed by atoms with E-state index in [1.807, 2.05) is 11.6 Å². The highest BCUT2D eigenvalue weighted by atomic mass is 32.2. The van der Waals surface area contributed by atoms with Crippen LogP contribution in [0.25, 0.3) is 16.9 Å². The number of alkyl halides is 3. The van der Waals surface area contributed by atoms with E-state index >= 15 is 0 Å². The Morgan fingerprint density at radius 3 is 2.34 bits per heavy atom. The lowest BCUT2D eigenvalue weighted by Crippen LogP contribution is -2.38. The smallest absolute Gasteiger partial charge is 0.511 e. The Kier molecular flexibility index (Phi) is 10.0. The molecule has 254 valence electrons. The normalized spacial score (nSPS) is 16.5. The van der Waals surface area contributed by atoms with Crippen molar-refractivity contribution in [2.45, 2.75) is 64.0 Å². The molecule has 0 spiro atoms. The number of rotatable bonds is 9. The van der Waals surface area contributed by atoms with E-state index in [-0.39, 0.29) is 40.8 Å². The molecule has 1 amide bonds. The van der Waals surface area contributed by atoms with Crippen LogP contribution in [0, 0.1) is 18.0 Å². The van der Waals surface area contributed by atoms with Gasteiger partial charge in [-0.2, -0.15) is 18.3 Å². The summed E-state index contributed by atoms with van der Waals surface area (Å²) in [6, 6.07) is 12.5. The number of halogens is 3. The number of amides is 1. The topological polar surface area (TPSA) is 167 Å². The van der Waals surface area contributed by atoms with Gasteiger partial charge in [0.15, 0.2) is 5.69 Å². The van der Waals surface area contributed by atoms with E-state index in [0.29, 0.717) is 5.56 Å². The molecule has 2 atom stereocenters. The van der Waals surface area contributed by atoms with Crippen molar-refractivity contribution in [2.75, 3.05) is 13.1 Å². The van der Waals surface area contributed by atoms with Gasteiger partial charge in [0, 0.05) is 12.5 Å². The van der Waals surface area contributed by atoms with Gasteiger partial charge < -0.3 is 14.7 Å². The first-order valence-electron chi connectivity index (χ1n) is 14.2. The van der Waals surface area contributed by atoms with Crippen molar-refractivity contribution < 1.29 is 50.5 Å². The number of hydrogen-bond acceptors (Lipinski definition) is 10. The standard InChI is InChI=1S/C29H33F3N6O8S/c1-18-6-8-20(9-7-18)24-16-25(29(30,31)32)33-37(24)22-10-12-23(13-11-22)47(42,43)34-26(39)21-14-15-36(17-21)38(41)35-46-19(2)44-27(40)45-28(3,4)5/h6-13,16,19,21H,14-15,17H2,1-5H3,(H,34,39)/b38-35+. The summed E-state index contributed by atoms with van der Waals surface area (Å²) in [6.07, 6.45) is -6.90. The van der Waals surface area contributed by atoms with E-state index in [0.717, 1.165) is 33.5 Å².